The van der Waals surface area contributed by atoms with E-state index in [-0.39, 0.29) is 42.3 Å². The molecule has 0 aliphatic heterocycles. The molecule has 0 aliphatic carbocycles. The van der Waals surface area contributed by atoms with E-state index in [4.69, 9.17) is 11.5 Å². The van der Waals surface area contributed by atoms with Crippen LogP contribution in [0.2, 0.25) is 0 Å². The van der Waals surface area contributed by atoms with Gasteiger partial charge < -0.3 is 42.1 Å². The van der Waals surface area contributed by atoms with E-state index < -0.39 is 95.7 Å². The summed E-state index contributed by atoms with van der Waals surface area (Å²) in [6.45, 7) is 3.41. The number of Topliss-reactive ketones (excluding diaryl/α,β-unsaturated/α-hetero) is 2. The highest BCUT2D eigenvalue weighted by Gasteiger charge is 2.35. The first kappa shape index (κ1) is 49.0. The van der Waals surface area contributed by atoms with Gasteiger partial charge in [0, 0.05) is 30.1 Å². The summed E-state index contributed by atoms with van der Waals surface area (Å²) in [5.74, 6) is -7.08. The Bertz CT molecular complexity index is 1490. The molecule has 22 heteroatoms. The van der Waals surface area contributed by atoms with Crippen LogP contribution in [-0.4, -0.2) is 118 Å². The molecule has 0 fully saturated rings. The summed E-state index contributed by atoms with van der Waals surface area (Å²) in [5.41, 5.74) is 21.3. The number of aldehydes is 2. The van der Waals surface area contributed by atoms with Gasteiger partial charge in [-0.2, -0.15) is 37.9 Å². The van der Waals surface area contributed by atoms with Crippen LogP contribution < -0.4 is 49.1 Å². The van der Waals surface area contributed by atoms with Gasteiger partial charge in [0.05, 0.1) is 30.6 Å². The normalized spacial score (nSPS) is 15.4. The average molecular weight is 830 g/mol. The Morgan fingerprint density at radius 3 is 1.75 bits per heavy atom. The number of amides is 5. The summed E-state index contributed by atoms with van der Waals surface area (Å²) in [6.07, 6.45) is -0.0207. The van der Waals surface area contributed by atoms with Gasteiger partial charge in [-0.1, -0.05) is 32.4 Å². The minimum atomic E-state index is -1.62. The van der Waals surface area contributed by atoms with Gasteiger partial charge in [-0.3, -0.25) is 33.6 Å². The van der Waals surface area contributed by atoms with Crippen LogP contribution in [0.25, 0.3) is 0 Å². The Kier molecular flexibility index (Phi) is 23.1. The van der Waals surface area contributed by atoms with Gasteiger partial charge in [0.15, 0.2) is 0 Å². The summed E-state index contributed by atoms with van der Waals surface area (Å²) in [7, 11) is 0. The Hall–Kier alpha value is -4.06. The molecule has 0 spiro atoms. The monoisotopic (exact) mass is 829 g/mol. The van der Waals surface area contributed by atoms with Gasteiger partial charge >= 0.3 is 0 Å². The fraction of sp³-hybridized carbons (Fsp3) is 0.545. The molecule has 55 heavy (non-hydrogen) atoms. The van der Waals surface area contributed by atoms with Crippen molar-refractivity contribution in [2.75, 3.05) is 17.3 Å². The lowest BCUT2D eigenvalue weighted by Gasteiger charge is -2.29. The van der Waals surface area contributed by atoms with Crippen LogP contribution in [-0.2, 0) is 49.6 Å². The second kappa shape index (κ2) is 25.9. The number of rotatable bonds is 29. The van der Waals surface area contributed by atoms with E-state index in [1.54, 1.807) is 13.8 Å². The molecule has 8 atom stereocenters. The number of thiol groups is 3. The van der Waals surface area contributed by atoms with Crippen molar-refractivity contribution < 1.29 is 48.3 Å². The summed E-state index contributed by atoms with van der Waals surface area (Å²) in [5, 5.41) is 17.4. The highest BCUT2D eigenvalue weighted by molar-refractivity contribution is 7.80. The molecule has 0 saturated heterocycles. The van der Waals surface area contributed by atoms with Crippen molar-refractivity contribution in [3.8, 4) is 5.75 Å². The number of aromatic hydroxyl groups is 1. The van der Waals surface area contributed by atoms with Crippen molar-refractivity contribution >= 4 is 91.6 Å². The van der Waals surface area contributed by atoms with Gasteiger partial charge in [0.1, 0.15) is 36.4 Å². The zero-order valence-electron chi connectivity index (χ0n) is 30.4. The number of primary amides is 2. The molecule has 0 saturated carbocycles. The third-order valence-electron chi connectivity index (χ3n) is 8.19. The van der Waals surface area contributed by atoms with Crippen molar-refractivity contribution in [2.24, 2.45) is 17.4 Å². The molecule has 0 radical (unpaired) electrons. The summed E-state index contributed by atoms with van der Waals surface area (Å²) < 4.78 is 0. The molecule has 12 N–H and O–H groups in total. The van der Waals surface area contributed by atoms with Crippen LogP contribution >= 0.6 is 37.9 Å². The van der Waals surface area contributed by atoms with Crippen LogP contribution in [0.3, 0.4) is 0 Å². The fourth-order valence-corrected chi connectivity index (χ4v) is 5.35. The number of carbonyl (C=O) groups excluding carboxylic acids is 9. The second-order valence-corrected chi connectivity index (χ2v) is 13.6. The van der Waals surface area contributed by atoms with Crippen molar-refractivity contribution in [1.82, 2.24) is 37.7 Å². The topological polar surface area (TPSA) is 310 Å². The molecule has 5 amide bonds. The van der Waals surface area contributed by atoms with E-state index in [0.717, 1.165) is 0 Å². The Labute approximate surface area is 334 Å². The Balaban J connectivity index is 3.34. The SMILES string of the molecule is CC[C@H](C)C(NC(=O)[C@H](CCC(N)=O)NN[C@@H](CC(N)=O)C(=O)C(=O)[C@H](CS)NN[C@H](C=O)CS)C(=O)N[C@@H](Cc1ccc(O)cc1)C(=O)N[C@H](C=O)CS. The number of phenols is 1. The van der Waals surface area contributed by atoms with Gasteiger partial charge in [0.2, 0.25) is 41.1 Å². The zero-order valence-corrected chi connectivity index (χ0v) is 33.0. The van der Waals surface area contributed by atoms with Crippen molar-refractivity contribution in [2.45, 2.75) is 88.2 Å². The maximum Gasteiger partial charge on any atom is 0.243 e. The fourth-order valence-electron chi connectivity index (χ4n) is 4.74. The minimum Gasteiger partial charge on any atom is -0.508 e. The highest BCUT2D eigenvalue weighted by Crippen LogP contribution is 2.14. The number of ketones is 2. The number of benzene rings is 1. The highest BCUT2D eigenvalue weighted by atomic mass is 32.1. The number of nitrogens with one attached hydrogen (secondary N) is 7. The van der Waals surface area contributed by atoms with E-state index in [2.05, 4.69) is 75.5 Å². The standard InChI is InChI=1S/C33H51N9O10S3/c1-3-17(2)28(33(52)37-24(32(51)36-19(12-43)14-53)10-18-4-6-21(45)7-5-18)38-31(50)22(8-9-26(34)46)40-41-23(11-27(35)47)29(48)30(49)25(16-55)42-39-20(13-44)15-54/h4-7,12-13,17,19-20,22-25,28,39-42,45,53-55H,3,8-11,14-16H2,1-2H3,(H2,34,46)(H2,35,47)(H,36,51)(H,37,52)(H,38,50)/t17-,19+,20+,22-,23-,24-,25-,28?/m0/s1. The molecule has 19 nitrogen and oxygen atoms in total. The maximum atomic E-state index is 13.8. The number of nitrogens with two attached hydrogens (primary N) is 2. The smallest absolute Gasteiger partial charge is 0.243 e. The molecule has 306 valence electrons. The first-order valence-electron chi connectivity index (χ1n) is 17.1. The molecule has 0 bridgehead atoms. The Morgan fingerprint density at radius 2 is 1.24 bits per heavy atom. The molecule has 1 aromatic carbocycles. The maximum absolute atomic E-state index is 13.8. The van der Waals surface area contributed by atoms with Crippen LogP contribution in [0.15, 0.2) is 24.3 Å². The quantitative estimate of drug-likeness (QED) is 0.0162. The second-order valence-electron chi connectivity index (χ2n) is 12.5. The third-order valence-corrected chi connectivity index (χ3v) is 9.34. The van der Waals surface area contributed by atoms with E-state index >= 15 is 0 Å². The zero-order chi connectivity index (χ0) is 41.7. The lowest BCUT2D eigenvalue weighted by molar-refractivity contribution is -0.140. The van der Waals surface area contributed by atoms with Gasteiger partial charge in [0.25, 0.3) is 0 Å². The molecular weight excluding hydrogens is 779 g/mol. The molecule has 1 aromatic rings. The van der Waals surface area contributed by atoms with Crippen molar-refractivity contribution in [1.29, 1.82) is 0 Å². The minimum absolute atomic E-state index is 0.0173. The number of phenolic OH excluding ortho intramolecular Hbond substituents is 1. The summed E-state index contributed by atoms with van der Waals surface area (Å²) >= 11 is 12.1. The van der Waals surface area contributed by atoms with Crippen molar-refractivity contribution in [3.63, 3.8) is 0 Å². The van der Waals surface area contributed by atoms with Crippen LogP contribution in [0.1, 0.15) is 45.1 Å². The lowest BCUT2D eigenvalue weighted by atomic mass is 9.96. The van der Waals surface area contributed by atoms with Gasteiger partial charge in [-0.15, -0.1) is 0 Å². The predicted molar refractivity (Wildman–Crippen MR) is 211 cm³/mol. The molecule has 0 aromatic heterocycles. The summed E-state index contributed by atoms with van der Waals surface area (Å²) in [6, 6.07) is -2.72. The largest absolute Gasteiger partial charge is 0.508 e. The first-order valence-corrected chi connectivity index (χ1v) is 19.0. The molecular formula is C33H51N9O10S3. The van der Waals surface area contributed by atoms with Crippen LogP contribution in [0.5, 0.6) is 5.75 Å². The average Bonchev–Trinajstić information content (AvgIpc) is 3.16. The number of hydrogen-bond acceptors (Lipinski definition) is 17. The van der Waals surface area contributed by atoms with Crippen LogP contribution in [0.4, 0.5) is 0 Å². The third kappa shape index (κ3) is 17.5. The van der Waals surface area contributed by atoms with E-state index in [1.807, 2.05) is 0 Å². The number of hydrogen-bond donors (Lipinski definition) is 13. The first-order chi connectivity index (χ1) is 26.0. The molecule has 1 rings (SSSR count). The van der Waals surface area contributed by atoms with E-state index in [9.17, 15) is 48.3 Å². The number of carbonyl (C=O) groups is 9. The molecule has 0 heterocycles. The Morgan fingerprint density at radius 1 is 0.691 bits per heavy atom. The molecule has 0 aliphatic rings. The van der Waals surface area contributed by atoms with Crippen molar-refractivity contribution in [3.05, 3.63) is 29.8 Å². The van der Waals surface area contributed by atoms with E-state index in [0.29, 0.717) is 24.6 Å². The van der Waals surface area contributed by atoms with E-state index in [1.165, 1.54) is 24.3 Å². The molecule has 1 unspecified atom stereocenters. The number of hydrazine groups is 2. The van der Waals surface area contributed by atoms with Gasteiger partial charge in [-0.25, -0.2) is 21.7 Å². The van der Waals surface area contributed by atoms with Crippen LogP contribution in [0, 0.1) is 5.92 Å². The summed E-state index contributed by atoms with van der Waals surface area (Å²) in [4.78, 5) is 113. The lowest BCUT2D eigenvalue weighted by Crippen LogP contribution is -2.62. The van der Waals surface area contributed by atoms with Gasteiger partial charge in [-0.05, 0) is 30.0 Å². The predicted octanol–water partition coefficient (Wildman–Crippen LogP) is -3.44.